The van der Waals surface area contributed by atoms with Crippen molar-refractivity contribution < 1.29 is 28.6 Å². The van der Waals surface area contributed by atoms with E-state index in [9.17, 15) is 4.79 Å². The maximum absolute atomic E-state index is 12.8. The minimum absolute atomic E-state index is 0.0838. The molecule has 3 aromatic rings. The van der Waals surface area contributed by atoms with Gasteiger partial charge in [0, 0.05) is 19.9 Å². The van der Waals surface area contributed by atoms with Crippen LogP contribution in [0.3, 0.4) is 0 Å². The standard InChI is InChI=1S/C23H25N5O6/c1-12-25-16(17-7-21(34-28-17)22-11-31-15(9-29)10-32-22)6-19(26-12)23(30)24-8-14-3-4-20-18(5-14)27-13(2)33-20/h3-6,15,21-22,29H,7-11H2,1-2H3,(H,24,30)/t15-,21-,22-/m1/s1. The molecule has 2 aliphatic heterocycles. The summed E-state index contributed by atoms with van der Waals surface area (Å²) in [6.45, 7) is 4.37. The van der Waals surface area contributed by atoms with Crippen molar-refractivity contribution in [1.82, 2.24) is 20.3 Å². The van der Waals surface area contributed by atoms with E-state index in [1.165, 1.54) is 0 Å². The first-order valence-corrected chi connectivity index (χ1v) is 11.1. The molecule has 0 aliphatic carbocycles. The number of oxazole rings is 1. The number of nitrogens with zero attached hydrogens (tertiary/aromatic N) is 4. The molecule has 34 heavy (non-hydrogen) atoms. The summed E-state index contributed by atoms with van der Waals surface area (Å²) in [5.74, 6) is 0.729. The molecule has 11 nitrogen and oxygen atoms in total. The number of oxime groups is 1. The number of hydrogen-bond acceptors (Lipinski definition) is 10. The van der Waals surface area contributed by atoms with Gasteiger partial charge in [-0.25, -0.2) is 15.0 Å². The maximum Gasteiger partial charge on any atom is 0.270 e. The van der Waals surface area contributed by atoms with Crippen molar-refractivity contribution in [2.75, 3.05) is 19.8 Å². The highest BCUT2D eigenvalue weighted by atomic mass is 16.7. The van der Waals surface area contributed by atoms with Crippen LogP contribution in [0, 0.1) is 13.8 Å². The third-order valence-corrected chi connectivity index (χ3v) is 5.68. The molecule has 0 bridgehead atoms. The number of carbonyl (C=O) groups is 1. The molecule has 3 atom stereocenters. The fraction of sp³-hybridized carbons (Fsp3) is 0.435. The zero-order valence-corrected chi connectivity index (χ0v) is 18.9. The quantitative estimate of drug-likeness (QED) is 0.551. The van der Waals surface area contributed by atoms with E-state index in [1.807, 2.05) is 18.2 Å². The van der Waals surface area contributed by atoms with Gasteiger partial charge < -0.3 is 29.2 Å². The van der Waals surface area contributed by atoms with Crippen LogP contribution in [0.5, 0.6) is 0 Å². The Balaban J connectivity index is 1.23. The van der Waals surface area contributed by atoms with Gasteiger partial charge in [0.25, 0.3) is 5.91 Å². The van der Waals surface area contributed by atoms with E-state index in [4.69, 9.17) is 23.8 Å². The van der Waals surface area contributed by atoms with Gasteiger partial charge in [0.2, 0.25) is 0 Å². The molecule has 0 unspecified atom stereocenters. The van der Waals surface area contributed by atoms with Crippen LogP contribution in [0.25, 0.3) is 11.1 Å². The van der Waals surface area contributed by atoms with Crippen molar-refractivity contribution in [3.63, 3.8) is 0 Å². The highest BCUT2D eigenvalue weighted by molar-refractivity contribution is 6.02. The second kappa shape index (κ2) is 9.45. The number of carbonyl (C=O) groups excluding carboxylic acids is 1. The molecule has 1 aromatic carbocycles. The van der Waals surface area contributed by atoms with E-state index in [0.717, 1.165) is 11.1 Å². The topological polar surface area (TPSA) is 141 Å². The van der Waals surface area contributed by atoms with Crippen LogP contribution in [0.4, 0.5) is 0 Å². The molecule has 2 N–H and O–H groups in total. The fourth-order valence-electron chi connectivity index (χ4n) is 3.93. The Bertz CT molecular complexity index is 1230. The zero-order valence-electron chi connectivity index (χ0n) is 18.9. The summed E-state index contributed by atoms with van der Waals surface area (Å²) in [6, 6.07) is 7.21. The van der Waals surface area contributed by atoms with Crippen molar-refractivity contribution in [2.24, 2.45) is 5.16 Å². The lowest BCUT2D eigenvalue weighted by Crippen LogP contribution is -2.43. The molecule has 2 aromatic heterocycles. The van der Waals surface area contributed by atoms with Crippen LogP contribution in [-0.2, 0) is 20.9 Å². The van der Waals surface area contributed by atoms with E-state index in [1.54, 1.807) is 19.9 Å². The summed E-state index contributed by atoms with van der Waals surface area (Å²) in [4.78, 5) is 31.4. The summed E-state index contributed by atoms with van der Waals surface area (Å²) >= 11 is 0. The lowest BCUT2D eigenvalue weighted by Gasteiger charge is -2.30. The summed E-state index contributed by atoms with van der Waals surface area (Å²) < 4.78 is 16.8. The normalized spacial score (nSPS) is 22.4. The van der Waals surface area contributed by atoms with Crippen molar-refractivity contribution >= 4 is 22.7 Å². The van der Waals surface area contributed by atoms with Crippen LogP contribution >= 0.6 is 0 Å². The highest BCUT2D eigenvalue weighted by Gasteiger charge is 2.35. The van der Waals surface area contributed by atoms with Gasteiger partial charge in [0.15, 0.2) is 17.6 Å². The lowest BCUT2D eigenvalue weighted by atomic mass is 10.0. The summed E-state index contributed by atoms with van der Waals surface area (Å²) in [5, 5.41) is 16.2. The summed E-state index contributed by atoms with van der Waals surface area (Å²) in [7, 11) is 0. The molecule has 1 fully saturated rings. The molecule has 1 amide bonds. The van der Waals surface area contributed by atoms with Crippen molar-refractivity contribution in [3.05, 3.63) is 52.9 Å². The highest BCUT2D eigenvalue weighted by Crippen LogP contribution is 2.23. The number of aryl methyl sites for hydroxylation is 2. The van der Waals surface area contributed by atoms with Gasteiger partial charge in [-0.3, -0.25) is 4.79 Å². The van der Waals surface area contributed by atoms with E-state index in [0.29, 0.717) is 54.9 Å². The molecule has 0 spiro atoms. The zero-order chi connectivity index (χ0) is 23.7. The number of fused-ring (bicyclic) bond motifs is 1. The van der Waals surface area contributed by atoms with Crippen LogP contribution in [0.1, 0.15) is 39.9 Å². The van der Waals surface area contributed by atoms with Gasteiger partial charge in [-0.15, -0.1) is 0 Å². The van der Waals surface area contributed by atoms with E-state index >= 15 is 0 Å². The Kier molecular flexibility index (Phi) is 6.22. The number of amides is 1. The molecule has 11 heteroatoms. The Morgan fingerprint density at radius 3 is 2.79 bits per heavy atom. The third kappa shape index (κ3) is 4.76. The van der Waals surface area contributed by atoms with Crippen LogP contribution in [0.2, 0.25) is 0 Å². The first kappa shape index (κ1) is 22.4. The molecular weight excluding hydrogens is 442 g/mol. The minimum atomic E-state index is -0.322. The van der Waals surface area contributed by atoms with Crippen molar-refractivity contribution in [2.45, 2.75) is 45.1 Å². The van der Waals surface area contributed by atoms with Crippen molar-refractivity contribution in [1.29, 1.82) is 0 Å². The van der Waals surface area contributed by atoms with Gasteiger partial charge >= 0.3 is 0 Å². The monoisotopic (exact) mass is 467 g/mol. The third-order valence-electron chi connectivity index (χ3n) is 5.68. The summed E-state index contributed by atoms with van der Waals surface area (Å²) in [5.41, 5.74) is 3.75. The summed E-state index contributed by atoms with van der Waals surface area (Å²) in [6.07, 6.45) is -0.463. The molecule has 0 saturated carbocycles. The number of aliphatic hydroxyl groups is 1. The van der Waals surface area contributed by atoms with Crippen LogP contribution in [-0.4, -0.2) is 69.8 Å². The Morgan fingerprint density at radius 2 is 2.00 bits per heavy atom. The van der Waals surface area contributed by atoms with Gasteiger partial charge in [-0.2, -0.15) is 0 Å². The largest absolute Gasteiger partial charge is 0.441 e. The van der Waals surface area contributed by atoms with Gasteiger partial charge in [0.05, 0.1) is 25.5 Å². The lowest BCUT2D eigenvalue weighted by molar-refractivity contribution is -0.178. The average molecular weight is 467 g/mol. The van der Waals surface area contributed by atoms with Crippen LogP contribution < -0.4 is 5.32 Å². The molecule has 5 rings (SSSR count). The number of aliphatic hydroxyl groups excluding tert-OH is 1. The van der Waals surface area contributed by atoms with E-state index in [-0.39, 0.29) is 36.5 Å². The van der Waals surface area contributed by atoms with E-state index in [2.05, 4.69) is 25.4 Å². The second-order valence-electron chi connectivity index (χ2n) is 8.30. The van der Waals surface area contributed by atoms with Crippen molar-refractivity contribution in [3.8, 4) is 0 Å². The number of nitrogens with one attached hydrogen (secondary N) is 1. The first-order valence-electron chi connectivity index (χ1n) is 11.1. The Labute approximate surface area is 195 Å². The molecule has 2 aliphatic rings. The Morgan fingerprint density at radius 1 is 1.12 bits per heavy atom. The predicted octanol–water partition coefficient (Wildman–Crippen LogP) is 1.43. The number of benzene rings is 1. The van der Waals surface area contributed by atoms with Gasteiger partial charge in [0.1, 0.15) is 35.0 Å². The SMILES string of the molecule is Cc1nc(C(=O)NCc2ccc3oc(C)nc3c2)cc(C2=NO[C@@H]([C@H]3CO[C@H](CO)CO3)C2)n1. The number of aromatic nitrogens is 3. The fourth-order valence-corrected chi connectivity index (χ4v) is 3.93. The number of ether oxygens (including phenoxy) is 2. The van der Waals surface area contributed by atoms with Gasteiger partial charge in [-0.05, 0) is 30.7 Å². The second-order valence-corrected chi connectivity index (χ2v) is 8.30. The minimum Gasteiger partial charge on any atom is -0.441 e. The van der Waals surface area contributed by atoms with E-state index < -0.39 is 0 Å². The molecule has 0 radical (unpaired) electrons. The maximum atomic E-state index is 12.8. The molecule has 178 valence electrons. The van der Waals surface area contributed by atoms with Gasteiger partial charge in [-0.1, -0.05) is 11.2 Å². The average Bonchev–Trinajstić information content (AvgIpc) is 3.48. The Hall–Kier alpha value is -3.41. The predicted molar refractivity (Wildman–Crippen MR) is 119 cm³/mol. The molecule has 4 heterocycles. The first-order chi connectivity index (χ1) is 16.5. The number of hydrogen-bond donors (Lipinski definition) is 2. The van der Waals surface area contributed by atoms with Crippen LogP contribution in [0.15, 0.2) is 33.8 Å². The molecule has 1 saturated heterocycles. The number of rotatable bonds is 6. The smallest absolute Gasteiger partial charge is 0.270 e. The molecular formula is C23H25N5O6.